The zero-order valence-corrected chi connectivity index (χ0v) is 8.60. The predicted octanol–water partition coefficient (Wildman–Crippen LogP) is 0.901. The Bertz CT molecular complexity index is 164. The molecule has 1 amide bonds. The lowest BCUT2D eigenvalue weighted by molar-refractivity contribution is -0.127. The first kappa shape index (κ1) is 10.5. The fraction of sp³-hybridized carbons (Fsp3) is 0.900. The summed E-state index contributed by atoms with van der Waals surface area (Å²) in [6.45, 7) is 5.84. The molecule has 0 aliphatic heterocycles. The summed E-state index contributed by atoms with van der Waals surface area (Å²) in [6.07, 6.45) is 3.40. The Hall–Kier alpha value is -0.570. The predicted molar refractivity (Wildman–Crippen MR) is 53.5 cm³/mol. The van der Waals surface area contributed by atoms with Crippen LogP contribution in [0.2, 0.25) is 0 Å². The standard InChI is InChI=1S/C10H20N2O/c1-8(2)11-6-7-12-10(13)9-4-3-5-9/h8-9,11H,3-7H2,1-2H3,(H,12,13). The van der Waals surface area contributed by atoms with E-state index >= 15 is 0 Å². The minimum atomic E-state index is 0.247. The van der Waals surface area contributed by atoms with Crippen molar-refractivity contribution < 1.29 is 4.79 Å². The topological polar surface area (TPSA) is 41.1 Å². The van der Waals surface area contributed by atoms with E-state index < -0.39 is 0 Å². The lowest BCUT2D eigenvalue weighted by Crippen LogP contribution is -2.39. The largest absolute Gasteiger partial charge is 0.355 e. The highest BCUT2D eigenvalue weighted by molar-refractivity contribution is 5.79. The van der Waals surface area contributed by atoms with E-state index in [4.69, 9.17) is 0 Å². The molecule has 3 nitrogen and oxygen atoms in total. The molecule has 1 aliphatic rings. The number of carbonyl (C=O) groups excluding carboxylic acids is 1. The molecule has 0 aromatic heterocycles. The van der Waals surface area contributed by atoms with Crippen LogP contribution in [-0.2, 0) is 4.79 Å². The molecule has 1 aliphatic carbocycles. The van der Waals surface area contributed by atoms with Crippen LogP contribution in [-0.4, -0.2) is 25.0 Å². The minimum absolute atomic E-state index is 0.247. The van der Waals surface area contributed by atoms with Gasteiger partial charge in [0.15, 0.2) is 0 Å². The van der Waals surface area contributed by atoms with Crippen LogP contribution in [0.25, 0.3) is 0 Å². The first-order valence-electron chi connectivity index (χ1n) is 5.21. The van der Waals surface area contributed by atoms with Gasteiger partial charge in [0.25, 0.3) is 0 Å². The highest BCUT2D eigenvalue weighted by atomic mass is 16.1. The van der Waals surface area contributed by atoms with Gasteiger partial charge in [-0.15, -0.1) is 0 Å². The zero-order chi connectivity index (χ0) is 9.68. The zero-order valence-electron chi connectivity index (χ0n) is 8.60. The van der Waals surface area contributed by atoms with E-state index in [1.165, 1.54) is 6.42 Å². The van der Waals surface area contributed by atoms with Crippen molar-refractivity contribution in [2.24, 2.45) is 5.92 Å². The molecule has 1 saturated carbocycles. The number of hydrogen-bond donors (Lipinski definition) is 2. The van der Waals surface area contributed by atoms with Crippen molar-refractivity contribution in [2.75, 3.05) is 13.1 Å². The van der Waals surface area contributed by atoms with Gasteiger partial charge in [-0.1, -0.05) is 20.3 Å². The molecule has 0 atom stereocenters. The maximum absolute atomic E-state index is 11.3. The Labute approximate surface area is 80.3 Å². The van der Waals surface area contributed by atoms with Gasteiger partial charge in [0.2, 0.25) is 5.91 Å². The monoisotopic (exact) mass is 184 g/mol. The number of carbonyl (C=O) groups is 1. The molecule has 76 valence electrons. The quantitative estimate of drug-likeness (QED) is 0.623. The van der Waals surface area contributed by atoms with Crippen LogP contribution in [0.15, 0.2) is 0 Å². The molecule has 0 heterocycles. The summed E-state index contributed by atoms with van der Waals surface area (Å²) in [7, 11) is 0. The van der Waals surface area contributed by atoms with Crippen molar-refractivity contribution in [1.82, 2.24) is 10.6 Å². The van der Waals surface area contributed by atoms with Gasteiger partial charge in [-0.3, -0.25) is 4.79 Å². The minimum Gasteiger partial charge on any atom is -0.355 e. The molecule has 0 spiro atoms. The molecule has 0 bridgehead atoms. The molecule has 13 heavy (non-hydrogen) atoms. The Kier molecular flexibility index (Phi) is 4.22. The van der Waals surface area contributed by atoms with Gasteiger partial charge < -0.3 is 10.6 Å². The molecule has 2 N–H and O–H groups in total. The van der Waals surface area contributed by atoms with Crippen LogP contribution in [0, 0.1) is 5.92 Å². The number of rotatable bonds is 5. The summed E-state index contributed by atoms with van der Waals surface area (Å²) in [4.78, 5) is 11.3. The van der Waals surface area contributed by atoms with Gasteiger partial charge in [0.05, 0.1) is 0 Å². The van der Waals surface area contributed by atoms with Crippen LogP contribution < -0.4 is 10.6 Å². The number of hydrogen-bond acceptors (Lipinski definition) is 2. The summed E-state index contributed by atoms with van der Waals surface area (Å²) in [5, 5.41) is 6.20. The fourth-order valence-electron chi connectivity index (χ4n) is 1.36. The third-order valence-electron chi connectivity index (χ3n) is 2.45. The summed E-state index contributed by atoms with van der Waals surface area (Å²) in [5.74, 6) is 0.566. The van der Waals surface area contributed by atoms with E-state index in [1.807, 2.05) is 0 Å². The molecule has 0 unspecified atom stereocenters. The Morgan fingerprint density at radius 2 is 2.08 bits per heavy atom. The average molecular weight is 184 g/mol. The molecule has 0 aromatic rings. The lowest BCUT2D eigenvalue weighted by Gasteiger charge is -2.24. The molecule has 0 radical (unpaired) electrons. The number of amides is 1. The van der Waals surface area contributed by atoms with Gasteiger partial charge in [0, 0.05) is 25.0 Å². The van der Waals surface area contributed by atoms with Crippen molar-refractivity contribution in [2.45, 2.75) is 39.2 Å². The maximum atomic E-state index is 11.3. The van der Waals surface area contributed by atoms with E-state index in [-0.39, 0.29) is 5.91 Å². The second-order valence-corrected chi connectivity index (χ2v) is 4.03. The van der Waals surface area contributed by atoms with E-state index in [1.54, 1.807) is 0 Å². The molecule has 0 saturated heterocycles. The van der Waals surface area contributed by atoms with Crippen molar-refractivity contribution in [3.05, 3.63) is 0 Å². The van der Waals surface area contributed by atoms with Crippen molar-refractivity contribution in [3.63, 3.8) is 0 Å². The third-order valence-corrected chi connectivity index (χ3v) is 2.45. The fourth-order valence-corrected chi connectivity index (χ4v) is 1.36. The number of nitrogens with one attached hydrogen (secondary N) is 2. The smallest absolute Gasteiger partial charge is 0.223 e. The van der Waals surface area contributed by atoms with Gasteiger partial charge in [-0.2, -0.15) is 0 Å². The van der Waals surface area contributed by atoms with Gasteiger partial charge >= 0.3 is 0 Å². The normalized spacial score (nSPS) is 17.2. The molecule has 1 rings (SSSR count). The molecule has 0 aromatic carbocycles. The Balaban J connectivity index is 1.95. The van der Waals surface area contributed by atoms with E-state index in [0.29, 0.717) is 12.0 Å². The third kappa shape index (κ3) is 3.77. The van der Waals surface area contributed by atoms with E-state index in [2.05, 4.69) is 24.5 Å². The van der Waals surface area contributed by atoms with Crippen LogP contribution in [0.3, 0.4) is 0 Å². The lowest BCUT2D eigenvalue weighted by atomic mass is 9.85. The van der Waals surface area contributed by atoms with Gasteiger partial charge in [-0.25, -0.2) is 0 Å². The molecular weight excluding hydrogens is 164 g/mol. The van der Waals surface area contributed by atoms with Gasteiger partial charge in [-0.05, 0) is 12.8 Å². The molecule has 1 fully saturated rings. The maximum Gasteiger partial charge on any atom is 0.223 e. The van der Waals surface area contributed by atoms with Crippen LogP contribution in [0.4, 0.5) is 0 Å². The Morgan fingerprint density at radius 3 is 2.54 bits per heavy atom. The van der Waals surface area contributed by atoms with Gasteiger partial charge in [0.1, 0.15) is 0 Å². The Morgan fingerprint density at radius 1 is 1.38 bits per heavy atom. The first-order chi connectivity index (χ1) is 6.20. The second-order valence-electron chi connectivity index (χ2n) is 4.03. The highest BCUT2D eigenvalue weighted by Crippen LogP contribution is 2.25. The van der Waals surface area contributed by atoms with E-state index in [9.17, 15) is 4.79 Å². The molecule has 3 heteroatoms. The summed E-state index contributed by atoms with van der Waals surface area (Å²) in [6, 6.07) is 0.501. The summed E-state index contributed by atoms with van der Waals surface area (Å²) < 4.78 is 0. The second kappa shape index (κ2) is 5.22. The van der Waals surface area contributed by atoms with Crippen LogP contribution in [0.5, 0.6) is 0 Å². The van der Waals surface area contributed by atoms with Crippen LogP contribution >= 0.6 is 0 Å². The van der Waals surface area contributed by atoms with Crippen molar-refractivity contribution in [1.29, 1.82) is 0 Å². The molecular formula is C10H20N2O. The van der Waals surface area contributed by atoms with Crippen molar-refractivity contribution in [3.8, 4) is 0 Å². The first-order valence-corrected chi connectivity index (χ1v) is 5.21. The van der Waals surface area contributed by atoms with Crippen molar-refractivity contribution >= 4 is 5.91 Å². The summed E-state index contributed by atoms with van der Waals surface area (Å²) in [5.41, 5.74) is 0. The van der Waals surface area contributed by atoms with E-state index in [0.717, 1.165) is 25.9 Å². The average Bonchev–Trinajstić information content (AvgIpc) is 1.94. The van der Waals surface area contributed by atoms with Crippen LogP contribution in [0.1, 0.15) is 33.1 Å². The highest BCUT2D eigenvalue weighted by Gasteiger charge is 2.24. The summed E-state index contributed by atoms with van der Waals surface area (Å²) >= 11 is 0. The SMILES string of the molecule is CC(C)NCCNC(=O)C1CCC1.